The summed E-state index contributed by atoms with van der Waals surface area (Å²) in [6.07, 6.45) is -4.18. The highest BCUT2D eigenvalue weighted by Crippen LogP contribution is 2.61. The van der Waals surface area contributed by atoms with Crippen molar-refractivity contribution in [3.63, 3.8) is 0 Å². The Bertz CT molecular complexity index is 2340. The molecule has 29 heteroatoms. The lowest BCUT2D eigenvalue weighted by atomic mass is 9.87. The number of carbonyl (C=O) groups is 3. The number of nitrogen functional groups attached to an aromatic ring is 1. The smallest absolute Gasteiger partial charge is 0.386 e. The van der Waals surface area contributed by atoms with Crippen LogP contribution < -0.4 is 16.4 Å². The molecule has 0 aliphatic carbocycles. The minimum atomic E-state index is -5.58. The van der Waals surface area contributed by atoms with Crippen LogP contribution in [-0.4, -0.2) is 128 Å². The zero-order chi connectivity index (χ0) is 44.8. The van der Waals surface area contributed by atoms with Crippen LogP contribution in [0, 0.1) is 5.41 Å². The SMILES string of the molecule is CC(C)(COP(=O)(O)OP(=O)(O)OCC1OC(n2cnc3c(N)ncnc32)C(O)C1OP(=O)(O)O)C(O)C(=O)NCCC(=O)NCCSC(=O)CCc1c[nH]c2ccccc12. The van der Waals surface area contributed by atoms with Crippen LogP contribution in [0.25, 0.3) is 22.1 Å². The Kier molecular flexibility index (Phi) is 16.0. The van der Waals surface area contributed by atoms with Crippen LogP contribution in [0.2, 0.25) is 0 Å². The Morgan fingerprint density at radius 2 is 1.75 bits per heavy atom. The topological polar surface area (TPSA) is 379 Å². The van der Waals surface area contributed by atoms with Crippen LogP contribution in [0.3, 0.4) is 0 Å². The quantitative estimate of drug-likeness (QED) is 0.0384. The summed E-state index contributed by atoms with van der Waals surface area (Å²) in [5.41, 5.74) is 6.29. The molecular weight excluding hydrogens is 893 g/mol. The Labute approximate surface area is 350 Å². The zero-order valence-electron chi connectivity index (χ0n) is 32.4. The zero-order valence-corrected chi connectivity index (χ0v) is 35.9. The predicted octanol–water partition coefficient (Wildman–Crippen LogP) is 0.779. The minimum absolute atomic E-state index is 0.0291. The summed E-state index contributed by atoms with van der Waals surface area (Å²) in [7, 11) is -16.4. The van der Waals surface area contributed by atoms with Crippen molar-refractivity contribution in [1.29, 1.82) is 0 Å². The van der Waals surface area contributed by atoms with Gasteiger partial charge in [0.1, 0.15) is 36.3 Å². The molecule has 1 aromatic carbocycles. The normalized spacial score (nSPS) is 20.9. The van der Waals surface area contributed by atoms with Gasteiger partial charge < -0.3 is 55.9 Å². The van der Waals surface area contributed by atoms with Crippen molar-refractivity contribution in [2.75, 3.05) is 37.8 Å². The van der Waals surface area contributed by atoms with Crippen molar-refractivity contribution < 1.29 is 80.5 Å². The van der Waals surface area contributed by atoms with E-state index in [0.29, 0.717) is 18.6 Å². The molecule has 3 aromatic heterocycles. The highest BCUT2D eigenvalue weighted by molar-refractivity contribution is 8.13. The van der Waals surface area contributed by atoms with Gasteiger partial charge >= 0.3 is 23.5 Å². The number of benzene rings is 1. The fourth-order valence-corrected chi connectivity index (χ4v) is 9.45. The van der Waals surface area contributed by atoms with Gasteiger partial charge in [0, 0.05) is 54.2 Å². The molecule has 1 aliphatic heterocycles. The van der Waals surface area contributed by atoms with Gasteiger partial charge in [-0.25, -0.2) is 28.6 Å². The summed E-state index contributed by atoms with van der Waals surface area (Å²) in [6.45, 7) is 0.471. The summed E-state index contributed by atoms with van der Waals surface area (Å²) in [5.74, 6) is -1.13. The number of hydrogen-bond donors (Lipinski definition) is 10. The number of phosphoric acid groups is 3. The first kappa shape index (κ1) is 48.4. The fraction of sp³-hybridized carbons (Fsp3) is 0.500. The van der Waals surface area contributed by atoms with Gasteiger partial charge in [-0.2, -0.15) is 4.31 Å². The van der Waals surface area contributed by atoms with Crippen LogP contribution >= 0.6 is 35.2 Å². The van der Waals surface area contributed by atoms with E-state index in [0.717, 1.165) is 45.5 Å². The lowest BCUT2D eigenvalue weighted by molar-refractivity contribution is -0.137. The molecule has 1 fully saturated rings. The molecule has 0 saturated carbocycles. The van der Waals surface area contributed by atoms with Crippen molar-refractivity contribution in [3.05, 3.63) is 48.7 Å². The number of anilines is 1. The summed E-state index contributed by atoms with van der Waals surface area (Å²) >= 11 is 1.09. The average molecular weight is 939 g/mol. The molecule has 25 nitrogen and oxygen atoms in total. The summed E-state index contributed by atoms with van der Waals surface area (Å²) < 4.78 is 62.3. The Balaban J connectivity index is 1.02. The molecule has 1 saturated heterocycles. The molecule has 7 atom stereocenters. The number of thioether (sulfide) groups is 1. The van der Waals surface area contributed by atoms with Crippen LogP contribution in [0.15, 0.2) is 43.1 Å². The van der Waals surface area contributed by atoms with E-state index >= 15 is 0 Å². The maximum atomic E-state index is 12.7. The van der Waals surface area contributed by atoms with E-state index in [1.54, 1.807) is 0 Å². The highest BCUT2D eigenvalue weighted by Gasteiger charge is 2.50. The maximum absolute atomic E-state index is 12.7. The lowest BCUT2D eigenvalue weighted by Gasteiger charge is -2.30. The van der Waals surface area contributed by atoms with E-state index in [4.69, 9.17) is 19.5 Å². The molecule has 2 amide bonds. The van der Waals surface area contributed by atoms with Crippen molar-refractivity contribution in [2.24, 2.45) is 5.41 Å². The van der Waals surface area contributed by atoms with E-state index in [2.05, 4.69) is 39.4 Å². The number of carbonyl (C=O) groups excluding carboxylic acids is 3. The second kappa shape index (κ2) is 20.2. The third-order valence-electron chi connectivity index (χ3n) is 9.04. The number of phosphoric ester groups is 3. The van der Waals surface area contributed by atoms with Gasteiger partial charge in [-0.05, 0) is 18.1 Å². The number of nitrogens with one attached hydrogen (secondary N) is 3. The van der Waals surface area contributed by atoms with Gasteiger partial charge in [-0.15, -0.1) is 0 Å². The number of ether oxygens (including phenoxy) is 1. The maximum Gasteiger partial charge on any atom is 0.481 e. The number of aliphatic hydroxyl groups is 2. The second-order valence-electron chi connectivity index (χ2n) is 14.1. The van der Waals surface area contributed by atoms with E-state index in [1.165, 1.54) is 13.8 Å². The van der Waals surface area contributed by atoms with E-state index in [-0.39, 0.29) is 41.6 Å². The number of rotatable bonds is 22. The molecule has 11 N–H and O–H groups in total. The summed E-state index contributed by atoms with van der Waals surface area (Å²) in [6, 6.07) is 7.77. The first-order chi connectivity index (χ1) is 28.6. The first-order valence-electron chi connectivity index (χ1n) is 18.2. The van der Waals surface area contributed by atoms with Gasteiger partial charge in [0.25, 0.3) is 0 Å². The van der Waals surface area contributed by atoms with Gasteiger partial charge in [0.15, 0.2) is 22.8 Å². The molecular formula is C32H45N8O17P3S. The van der Waals surface area contributed by atoms with Crippen LogP contribution in [0.5, 0.6) is 0 Å². The number of aromatic nitrogens is 5. The standard InChI is InChI=1S/C32H45N8O17P3S/c1-32(2,27(44)30(45)35-10-9-22(41)34-11-12-61-23(42)8-7-18-13-36-20-6-4-3-5-19(18)20)15-54-60(51,52)57-59(49,50)53-14-21-26(56-58(46,47)48)25(43)31(55-21)40-17-39-24-28(33)37-16-38-29(24)40/h3-6,13,16-17,21,25-27,31,36,43-44H,7-12,14-15H2,1-2H3,(H,34,41)(H,35,45)(H,49,50)(H,51,52)(H2,33,37,38)(H2,46,47,48). The predicted molar refractivity (Wildman–Crippen MR) is 214 cm³/mol. The average Bonchev–Trinajstić information content (AvgIpc) is 3.89. The number of imidazole rings is 1. The molecule has 4 aromatic rings. The second-order valence-corrected chi connectivity index (χ2v) is 19.5. The van der Waals surface area contributed by atoms with E-state index in [1.807, 2.05) is 30.5 Å². The number of aryl methyl sites for hydroxylation is 1. The van der Waals surface area contributed by atoms with Crippen molar-refractivity contribution in [1.82, 2.24) is 35.1 Å². The van der Waals surface area contributed by atoms with Gasteiger partial charge in [-0.3, -0.25) is 32.5 Å². The molecule has 336 valence electrons. The number of amides is 2. The van der Waals surface area contributed by atoms with Gasteiger partial charge in [0.05, 0.1) is 19.5 Å². The number of hydrogen-bond acceptors (Lipinski definition) is 18. The van der Waals surface area contributed by atoms with E-state index in [9.17, 15) is 57.9 Å². The molecule has 1 aliphatic rings. The summed E-state index contributed by atoms with van der Waals surface area (Å²) in [5, 5.41) is 27.5. The highest BCUT2D eigenvalue weighted by atomic mass is 32.2. The number of fused-ring (bicyclic) bond motifs is 2. The Morgan fingerprint density at radius 3 is 2.49 bits per heavy atom. The lowest BCUT2D eigenvalue weighted by Crippen LogP contribution is -2.46. The summed E-state index contributed by atoms with van der Waals surface area (Å²) in [4.78, 5) is 91.5. The van der Waals surface area contributed by atoms with Crippen LogP contribution in [-0.2, 0) is 57.1 Å². The third-order valence-corrected chi connectivity index (χ3v) is 13.1. The number of H-pyrrole nitrogens is 1. The van der Waals surface area contributed by atoms with Gasteiger partial charge in [-0.1, -0.05) is 43.8 Å². The molecule has 0 radical (unpaired) electrons. The molecule has 7 unspecified atom stereocenters. The van der Waals surface area contributed by atoms with Gasteiger partial charge in [0.2, 0.25) is 11.8 Å². The first-order valence-corrected chi connectivity index (χ1v) is 23.7. The molecule has 5 rings (SSSR count). The van der Waals surface area contributed by atoms with Crippen LogP contribution in [0.4, 0.5) is 5.82 Å². The van der Waals surface area contributed by atoms with Crippen molar-refractivity contribution in [3.8, 4) is 0 Å². The van der Waals surface area contributed by atoms with E-state index < -0.39 is 84.6 Å². The van der Waals surface area contributed by atoms with Crippen molar-refractivity contribution >= 4 is 80.0 Å². The Morgan fingerprint density at radius 1 is 1.03 bits per heavy atom. The molecule has 0 spiro atoms. The number of para-hydroxylation sites is 1. The molecule has 0 bridgehead atoms. The monoisotopic (exact) mass is 938 g/mol. The number of nitrogens with two attached hydrogens (primary N) is 1. The Hall–Kier alpha value is -3.68. The number of nitrogens with zero attached hydrogens (tertiary/aromatic N) is 4. The third kappa shape index (κ3) is 13.4. The molecule has 61 heavy (non-hydrogen) atoms. The minimum Gasteiger partial charge on any atom is -0.386 e. The van der Waals surface area contributed by atoms with Crippen LogP contribution in [0.1, 0.15) is 38.5 Å². The number of aliphatic hydroxyl groups excluding tert-OH is 2. The molecule has 4 heterocycles. The number of aromatic amines is 1. The van der Waals surface area contributed by atoms with Crippen molar-refractivity contribution in [2.45, 2.75) is 63.8 Å². The fourth-order valence-electron chi connectivity index (χ4n) is 5.94. The largest absolute Gasteiger partial charge is 0.481 e.